The van der Waals surface area contributed by atoms with Crippen LogP contribution in [0.4, 0.5) is 4.39 Å². The van der Waals surface area contributed by atoms with Crippen LogP contribution in [0.15, 0.2) is 35.6 Å². The number of hydrogen-bond acceptors (Lipinski definition) is 5. The molecule has 2 aromatic rings. The molecule has 0 bridgehead atoms. The Balaban J connectivity index is 2.05. The second-order valence-corrected chi connectivity index (χ2v) is 8.91. The summed E-state index contributed by atoms with van der Waals surface area (Å²) in [4.78, 5) is 16.8. The average Bonchev–Trinajstić information content (AvgIpc) is 3.09. The monoisotopic (exact) mass is 414 g/mol. The number of benzene rings is 1. The lowest BCUT2D eigenvalue weighted by atomic mass is 10.3. The summed E-state index contributed by atoms with van der Waals surface area (Å²) in [6.07, 6.45) is 3.80. The van der Waals surface area contributed by atoms with Crippen LogP contribution in [0.3, 0.4) is 0 Å². The Morgan fingerprint density at radius 2 is 2.00 bits per heavy atom. The summed E-state index contributed by atoms with van der Waals surface area (Å²) in [7, 11) is -1.70. The first-order valence-electron chi connectivity index (χ1n) is 8.40. The van der Waals surface area contributed by atoms with Gasteiger partial charge in [0.15, 0.2) is 5.16 Å². The molecule has 1 aromatic heterocycles. The number of halogens is 1. The maximum absolute atomic E-state index is 13.2. The molecule has 0 saturated heterocycles. The van der Waals surface area contributed by atoms with E-state index in [4.69, 9.17) is 0 Å². The van der Waals surface area contributed by atoms with Crippen molar-refractivity contribution in [2.24, 2.45) is 0 Å². The molecule has 0 spiro atoms. The molecule has 0 unspecified atom stereocenters. The summed E-state index contributed by atoms with van der Waals surface area (Å²) in [5.41, 5.74) is 0.970. The quantitative estimate of drug-likeness (QED) is 0.502. The zero-order valence-electron chi connectivity index (χ0n) is 15.5. The Labute approximate surface area is 163 Å². The van der Waals surface area contributed by atoms with Crippen molar-refractivity contribution in [1.82, 2.24) is 19.2 Å². The number of nitrogens with one attached hydrogen (secondary N) is 1. The van der Waals surface area contributed by atoms with Crippen LogP contribution in [0.25, 0.3) is 5.69 Å². The van der Waals surface area contributed by atoms with Gasteiger partial charge in [-0.05, 0) is 43.9 Å². The molecule has 7 nitrogen and oxygen atoms in total. The minimum absolute atomic E-state index is 0.0458. The number of carbonyl (C=O) groups is 1. The van der Waals surface area contributed by atoms with Gasteiger partial charge in [0.2, 0.25) is 10.0 Å². The highest BCUT2D eigenvalue weighted by Gasteiger charge is 2.18. The van der Waals surface area contributed by atoms with E-state index in [-0.39, 0.29) is 17.5 Å². The fraction of sp³-hybridized carbons (Fsp3) is 0.412. The molecular formula is C17H23FN4O3S2. The molecule has 1 heterocycles. The number of aromatic nitrogens is 2. The van der Waals surface area contributed by atoms with Crippen molar-refractivity contribution in [2.75, 3.05) is 32.1 Å². The summed E-state index contributed by atoms with van der Waals surface area (Å²) in [6, 6.07) is 5.81. The fourth-order valence-corrected chi connectivity index (χ4v) is 3.82. The third kappa shape index (κ3) is 5.30. The van der Waals surface area contributed by atoms with Crippen LogP contribution in [-0.2, 0) is 10.0 Å². The number of imidazole rings is 1. The average molecular weight is 415 g/mol. The summed E-state index contributed by atoms with van der Waals surface area (Å²) in [5, 5.41) is 3.39. The minimum Gasteiger partial charge on any atom is -0.351 e. The van der Waals surface area contributed by atoms with E-state index in [2.05, 4.69) is 10.3 Å². The molecule has 0 aliphatic rings. The lowest BCUT2D eigenvalue weighted by Crippen LogP contribution is -2.33. The predicted octanol–water partition coefficient (Wildman–Crippen LogP) is 2.13. The van der Waals surface area contributed by atoms with Crippen molar-refractivity contribution in [3.63, 3.8) is 0 Å². The highest BCUT2D eigenvalue weighted by Crippen LogP contribution is 2.22. The van der Waals surface area contributed by atoms with E-state index in [1.807, 2.05) is 6.26 Å². The topological polar surface area (TPSA) is 84.3 Å². The van der Waals surface area contributed by atoms with Gasteiger partial charge in [0, 0.05) is 25.8 Å². The van der Waals surface area contributed by atoms with Gasteiger partial charge in [-0.1, -0.05) is 11.8 Å². The Morgan fingerprint density at radius 3 is 2.59 bits per heavy atom. The molecule has 0 atom stereocenters. The Hall–Kier alpha value is -1.91. The van der Waals surface area contributed by atoms with Gasteiger partial charge in [-0.2, -0.15) is 0 Å². The first-order valence-corrected chi connectivity index (χ1v) is 11.2. The molecule has 148 valence electrons. The molecule has 1 aromatic carbocycles. The van der Waals surface area contributed by atoms with E-state index in [9.17, 15) is 17.6 Å². The smallest absolute Gasteiger partial charge is 0.269 e. The van der Waals surface area contributed by atoms with Gasteiger partial charge in [0.05, 0.1) is 11.9 Å². The SMILES string of the molecule is CCS(=O)(=O)N(C)CCCNC(=O)c1cnc(SC)n1-c1ccc(F)cc1. The van der Waals surface area contributed by atoms with Gasteiger partial charge in [0.25, 0.3) is 5.91 Å². The Kier molecular flexibility index (Phi) is 7.40. The summed E-state index contributed by atoms with van der Waals surface area (Å²) >= 11 is 1.37. The number of nitrogens with zero attached hydrogens (tertiary/aromatic N) is 3. The second kappa shape index (κ2) is 9.34. The van der Waals surface area contributed by atoms with Gasteiger partial charge >= 0.3 is 0 Å². The first kappa shape index (κ1) is 21.4. The van der Waals surface area contributed by atoms with Crippen molar-refractivity contribution in [2.45, 2.75) is 18.5 Å². The summed E-state index contributed by atoms with van der Waals surface area (Å²) in [6.45, 7) is 2.24. The normalized spacial score (nSPS) is 11.7. The van der Waals surface area contributed by atoms with E-state index >= 15 is 0 Å². The van der Waals surface area contributed by atoms with Gasteiger partial charge in [-0.15, -0.1) is 0 Å². The van der Waals surface area contributed by atoms with Crippen LogP contribution in [0.5, 0.6) is 0 Å². The molecule has 27 heavy (non-hydrogen) atoms. The maximum atomic E-state index is 13.2. The van der Waals surface area contributed by atoms with Crippen LogP contribution in [0.1, 0.15) is 23.8 Å². The van der Waals surface area contributed by atoms with E-state index in [0.717, 1.165) is 0 Å². The van der Waals surface area contributed by atoms with Gasteiger partial charge in [0.1, 0.15) is 11.5 Å². The van der Waals surface area contributed by atoms with Crippen LogP contribution in [-0.4, -0.2) is 60.3 Å². The molecule has 0 fully saturated rings. The number of sulfonamides is 1. The van der Waals surface area contributed by atoms with Crippen molar-refractivity contribution in [1.29, 1.82) is 0 Å². The van der Waals surface area contributed by atoms with Crippen LogP contribution in [0.2, 0.25) is 0 Å². The van der Waals surface area contributed by atoms with E-state index in [1.54, 1.807) is 23.6 Å². The second-order valence-electron chi connectivity index (χ2n) is 5.77. The Bertz CT molecular complexity index is 882. The molecule has 0 radical (unpaired) electrons. The van der Waals surface area contributed by atoms with Crippen molar-refractivity contribution in [3.05, 3.63) is 42.0 Å². The minimum atomic E-state index is -3.22. The zero-order valence-corrected chi connectivity index (χ0v) is 17.1. The van der Waals surface area contributed by atoms with E-state index in [1.165, 1.54) is 41.4 Å². The van der Waals surface area contributed by atoms with Gasteiger partial charge in [-0.25, -0.2) is 22.1 Å². The summed E-state index contributed by atoms with van der Waals surface area (Å²) in [5.74, 6) is -0.640. The number of rotatable bonds is 9. The lowest BCUT2D eigenvalue weighted by Gasteiger charge is -2.16. The standard InChI is InChI=1S/C17H23FN4O3S2/c1-4-27(24,25)21(2)11-5-10-19-16(23)15-12-20-17(26-3)22(15)14-8-6-13(18)7-9-14/h6-9,12H,4-5,10-11H2,1-3H3,(H,19,23). The van der Waals surface area contributed by atoms with Crippen LogP contribution < -0.4 is 5.32 Å². The van der Waals surface area contributed by atoms with Crippen molar-refractivity contribution >= 4 is 27.7 Å². The number of hydrogen-bond donors (Lipinski definition) is 1. The van der Waals surface area contributed by atoms with Crippen molar-refractivity contribution in [3.8, 4) is 5.69 Å². The molecule has 0 aliphatic carbocycles. The van der Waals surface area contributed by atoms with Gasteiger partial charge in [-0.3, -0.25) is 9.36 Å². The number of amides is 1. The molecular weight excluding hydrogens is 391 g/mol. The molecule has 1 N–H and O–H groups in total. The number of thioether (sulfide) groups is 1. The van der Waals surface area contributed by atoms with Gasteiger partial charge < -0.3 is 5.32 Å². The third-order valence-electron chi connectivity index (χ3n) is 4.00. The molecule has 0 aliphatic heterocycles. The Morgan fingerprint density at radius 1 is 1.33 bits per heavy atom. The maximum Gasteiger partial charge on any atom is 0.269 e. The predicted molar refractivity (Wildman–Crippen MR) is 104 cm³/mol. The fourth-order valence-electron chi connectivity index (χ4n) is 2.43. The molecule has 1 amide bonds. The van der Waals surface area contributed by atoms with E-state index < -0.39 is 10.0 Å². The van der Waals surface area contributed by atoms with E-state index in [0.29, 0.717) is 36.0 Å². The highest BCUT2D eigenvalue weighted by atomic mass is 32.2. The summed E-state index contributed by atoms with van der Waals surface area (Å²) < 4.78 is 39.6. The van der Waals surface area contributed by atoms with Crippen LogP contribution in [0, 0.1) is 5.82 Å². The lowest BCUT2D eigenvalue weighted by molar-refractivity contribution is 0.0945. The largest absolute Gasteiger partial charge is 0.351 e. The number of carbonyl (C=O) groups excluding carboxylic acids is 1. The molecule has 0 saturated carbocycles. The molecule has 10 heteroatoms. The first-order chi connectivity index (χ1) is 12.8. The van der Waals surface area contributed by atoms with Crippen LogP contribution >= 0.6 is 11.8 Å². The zero-order chi connectivity index (χ0) is 20.0. The highest BCUT2D eigenvalue weighted by molar-refractivity contribution is 7.98. The third-order valence-corrected chi connectivity index (χ3v) is 6.52. The van der Waals surface area contributed by atoms with Crippen molar-refractivity contribution < 1.29 is 17.6 Å². The molecule has 2 rings (SSSR count).